The molecule has 0 aromatic carbocycles. The number of pyridine rings is 1. The molecule has 0 aliphatic heterocycles. The van der Waals surface area contributed by atoms with Crippen LogP contribution in [0.5, 0.6) is 5.88 Å². The molecule has 2 heterocycles. The summed E-state index contributed by atoms with van der Waals surface area (Å²) in [6.07, 6.45) is -1.34. The largest absolute Gasteiger partial charge is 0.472 e. The lowest BCUT2D eigenvalue weighted by Crippen LogP contribution is -2.27. The molecular formula is C14H11F2N3O2S. The molecule has 0 aliphatic carbocycles. The van der Waals surface area contributed by atoms with E-state index in [1.54, 1.807) is 16.8 Å². The van der Waals surface area contributed by atoms with Crippen LogP contribution in [-0.2, 0) is 0 Å². The van der Waals surface area contributed by atoms with Gasteiger partial charge in [0.2, 0.25) is 5.88 Å². The van der Waals surface area contributed by atoms with Gasteiger partial charge in [-0.1, -0.05) is 0 Å². The van der Waals surface area contributed by atoms with Gasteiger partial charge in [-0.05, 0) is 28.5 Å². The van der Waals surface area contributed by atoms with Crippen molar-refractivity contribution in [3.05, 3.63) is 46.3 Å². The first-order chi connectivity index (χ1) is 10.6. The van der Waals surface area contributed by atoms with Gasteiger partial charge >= 0.3 is 0 Å². The molecular weight excluding hydrogens is 312 g/mol. The number of hydrogen-bond acceptors (Lipinski definition) is 5. The normalized spacial score (nSPS) is 11.7. The van der Waals surface area contributed by atoms with E-state index in [1.165, 1.54) is 29.7 Å². The Hall–Kier alpha value is -2.53. The molecule has 22 heavy (non-hydrogen) atoms. The van der Waals surface area contributed by atoms with Gasteiger partial charge in [-0.25, -0.2) is 13.8 Å². The Labute approximate surface area is 129 Å². The number of alkyl halides is 2. The number of carbonyl (C=O) groups is 1. The zero-order valence-electron chi connectivity index (χ0n) is 11.2. The molecule has 0 aliphatic rings. The Morgan fingerprint density at radius 3 is 2.95 bits per heavy atom. The van der Waals surface area contributed by atoms with Crippen molar-refractivity contribution in [2.24, 2.45) is 0 Å². The zero-order chi connectivity index (χ0) is 15.9. The van der Waals surface area contributed by atoms with Gasteiger partial charge in [-0.15, -0.1) is 0 Å². The summed E-state index contributed by atoms with van der Waals surface area (Å²) in [4.78, 5) is 15.9. The minimum Gasteiger partial charge on any atom is -0.472 e. The quantitative estimate of drug-likeness (QED) is 0.887. The van der Waals surface area contributed by atoms with Crippen molar-refractivity contribution in [2.75, 3.05) is 6.61 Å². The highest BCUT2D eigenvalue weighted by Crippen LogP contribution is 2.17. The summed E-state index contributed by atoms with van der Waals surface area (Å²) in [7, 11) is 0. The second kappa shape index (κ2) is 7.47. The lowest BCUT2D eigenvalue weighted by molar-refractivity contribution is 0.0794. The molecule has 1 amide bonds. The number of nitrogens with one attached hydrogen (secondary N) is 1. The molecule has 0 radical (unpaired) electrons. The zero-order valence-corrected chi connectivity index (χ0v) is 12.0. The van der Waals surface area contributed by atoms with Crippen molar-refractivity contribution >= 4 is 17.2 Å². The van der Waals surface area contributed by atoms with E-state index in [9.17, 15) is 13.6 Å². The molecule has 0 spiro atoms. The number of halogens is 2. The summed E-state index contributed by atoms with van der Waals surface area (Å²) in [5.74, 6) is -0.584. The van der Waals surface area contributed by atoms with E-state index >= 15 is 0 Å². The minimum absolute atomic E-state index is 0.0722. The van der Waals surface area contributed by atoms with E-state index in [-0.39, 0.29) is 11.4 Å². The first-order valence-corrected chi connectivity index (χ1v) is 7.14. The topological polar surface area (TPSA) is 75.0 Å². The molecule has 2 aromatic heterocycles. The molecule has 8 heteroatoms. The van der Waals surface area contributed by atoms with Crippen LogP contribution in [0, 0.1) is 11.3 Å². The SMILES string of the molecule is N#CC(NC(=O)c1ccnc(OCC(F)F)c1)c1ccsc1. The van der Waals surface area contributed by atoms with Gasteiger partial charge < -0.3 is 10.1 Å². The molecule has 0 bridgehead atoms. The van der Waals surface area contributed by atoms with Gasteiger partial charge in [-0.3, -0.25) is 4.79 Å². The second-order valence-electron chi connectivity index (χ2n) is 4.18. The molecule has 1 atom stereocenters. The molecule has 1 unspecified atom stereocenters. The van der Waals surface area contributed by atoms with Gasteiger partial charge in [0, 0.05) is 17.8 Å². The van der Waals surface area contributed by atoms with E-state index < -0.39 is 25.0 Å². The summed E-state index contributed by atoms with van der Waals surface area (Å²) in [6, 6.07) is 5.61. The number of nitriles is 1. The molecule has 0 fully saturated rings. The van der Waals surface area contributed by atoms with Crippen LogP contribution in [0.15, 0.2) is 35.2 Å². The fourth-order valence-electron chi connectivity index (χ4n) is 1.62. The highest BCUT2D eigenvalue weighted by atomic mass is 32.1. The van der Waals surface area contributed by atoms with Gasteiger partial charge in [-0.2, -0.15) is 16.6 Å². The highest BCUT2D eigenvalue weighted by molar-refractivity contribution is 7.08. The fourth-order valence-corrected chi connectivity index (χ4v) is 2.31. The van der Waals surface area contributed by atoms with Crippen molar-refractivity contribution in [3.8, 4) is 11.9 Å². The Balaban J connectivity index is 2.06. The maximum atomic E-state index is 12.1. The monoisotopic (exact) mass is 323 g/mol. The minimum atomic E-state index is -2.62. The third-order valence-corrected chi connectivity index (χ3v) is 3.34. The molecule has 2 rings (SSSR count). The summed E-state index contributed by atoms with van der Waals surface area (Å²) in [5, 5.41) is 15.2. The number of aromatic nitrogens is 1. The standard InChI is InChI=1S/C14H11F2N3O2S/c15-12(16)7-21-13-5-9(1-3-18-13)14(20)19-11(6-17)10-2-4-22-8-10/h1-5,8,11-12H,7H2,(H,19,20). The summed E-state index contributed by atoms with van der Waals surface area (Å²) >= 11 is 1.41. The Morgan fingerprint density at radius 2 is 2.32 bits per heavy atom. The average molecular weight is 323 g/mol. The van der Waals surface area contributed by atoms with Crippen LogP contribution in [0.3, 0.4) is 0 Å². The maximum absolute atomic E-state index is 12.1. The average Bonchev–Trinajstić information content (AvgIpc) is 3.05. The van der Waals surface area contributed by atoms with Crippen molar-refractivity contribution in [1.82, 2.24) is 10.3 Å². The van der Waals surface area contributed by atoms with E-state index in [1.807, 2.05) is 6.07 Å². The van der Waals surface area contributed by atoms with Crippen molar-refractivity contribution in [2.45, 2.75) is 12.5 Å². The smallest absolute Gasteiger partial charge is 0.272 e. The Bertz CT molecular complexity index is 671. The van der Waals surface area contributed by atoms with E-state index in [0.717, 1.165) is 0 Å². The van der Waals surface area contributed by atoms with Crippen LogP contribution in [0.2, 0.25) is 0 Å². The number of rotatable bonds is 6. The number of carbonyl (C=O) groups excluding carboxylic acids is 1. The molecule has 5 nitrogen and oxygen atoms in total. The van der Waals surface area contributed by atoms with Gasteiger partial charge in [0.15, 0.2) is 6.61 Å². The number of amides is 1. The van der Waals surface area contributed by atoms with Gasteiger partial charge in [0.25, 0.3) is 12.3 Å². The number of nitrogens with zero attached hydrogens (tertiary/aromatic N) is 2. The third kappa shape index (κ3) is 4.23. The second-order valence-corrected chi connectivity index (χ2v) is 4.96. The lowest BCUT2D eigenvalue weighted by Gasteiger charge is -2.11. The van der Waals surface area contributed by atoms with Crippen LogP contribution >= 0.6 is 11.3 Å². The number of hydrogen-bond donors (Lipinski definition) is 1. The fraction of sp³-hybridized carbons (Fsp3) is 0.214. The van der Waals surface area contributed by atoms with Gasteiger partial charge in [0.1, 0.15) is 6.04 Å². The first kappa shape index (κ1) is 15.9. The van der Waals surface area contributed by atoms with Crippen molar-refractivity contribution in [1.29, 1.82) is 5.26 Å². The van der Waals surface area contributed by atoms with Crippen molar-refractivity contribution < 1.29 is 18.3 Å². The molecule has 1 N–H and O–H groups in total. The predicted octanol–water partition coefficient (Wildman–Crippen LogP) is 2.78. The van der Waals surface area contributed by atoms with Crippen LogP contribution in [0.4, 0.5) is 8.78 Å². The van der Waals surface area contributed by atoms with E-state index in [0.29, 0.717) is 5.56 Å². The summed E-state index contributed by atoms with van der Waals surface area (Å²) < 4.78 is 28.9. The summed E-state index contributed by atoms with van der Waals surface area (Å²) in [6.45, 7) is -0.798. The molecule has 114 valence electrons. The molecule has 0 saturated carbocycles. The number of ether oxygens (including phenoxy) is 1. The van der Waals surface area contributed by atoms with Crippen LogP contribution in [-0.4, -0.2) is 23.9 Å². The predicted molar refractivity (Wildman–Crippen MR) is 75.9 cm³/mol. The molecule has 2 aromatic rings. The van der Waals surface area contributed by atoms with Crippen molar-refractivity contribution in [3.63, 3.8) is 0 Å². The number of thiophene rings is 1. The highest BCUT2D eigenvalue weighted by Gasteiger charge is 2.16. The van der Waals surface area contributed by atoms with Crippen LogP contribution < -0.4 is 10.1 Å². The van der Waals surface area contributed by atoms with Crippen LogP contribution in [0.25, 0.3) is 0 Å². The van der Waals surface area contributed by atoms with Gasteiger partial charge in [0.05, 0.1) is 6.07 Å². The lowest BCUT2D eigenvalue weighted by atomic mass is 10.1. The Morgan fingerprint density at radius 1 is 1.50 bits per heavy atom. The van der Waals surface area contributed by atoms with E-state index in [4.69, 9.17) is 10.00 Å². The Kier molecular flexibility index (Phi) is 5.38. The van der Waals surface area contributed by atoms with Crippen LogP contribution in [0.1, 0.15) is 22.0 Å². The van der Waals surface area contributed by atoms with E-state index in [2.05, 4.69) is 10.3 Å². The summed E-state index contributed by atoms with van der Waals surface area (Å²) in [5.41, 5.74) is 0.860. The maximum Gasteiger partial charge on any atom is 0.272 e. The first-order valence-electron chi connectivity index (χ1n) is 6.19. The molecule has 0 saturated heterocycles. The third-order valence-electron chi connectivity index (χ3n) is 2.64.